The first-order chi connectivity index (χ1) is 11.8. The number of nitrogens with one attached hydrogen (secondary N) is 2. The van der Waals surface area contributed by atoms with Gasteiger partial charge in [-0.2, -0.15) is 0 Å². The number of benzene rings is 1. The lowest BCUT2D eigenvalue weighted by molar-refractivity contribution is 0.0934. The van der Waals surface area contributed by atoms with Crippen LogP contribution in [0.3, 0.4) is 0 Å². The molecule has 1 unspecified atom stereocenters. The van der Waals surface area contributed by atoms with Crippen molar-refractivity contribution in [3.05, 3.63) is 47.7 Å². The van der Waals surface area contributed by atoms with Gasteiger partial charge in [0.1, 0.15) is 0 Å². The molecule has 1 atom stereocenters. The Labute approximate surface area is 141 Å². The van der Waals surface area contributed by atoms with Crippen molar-refractivity contribution in [3.8, 4) is 11.3 Å². The molecule has 2 aromatic rings. The zero-order valence-corrected chi connectivity index (χ0v) is 13.7. The van der Waals surface area contributed by atoms with Crippen molar-refractivity contribution in [2.45, 2.75) is 37.6 Å². The van der Waals surface area contributed by atoms with Gasteiger partial charge in [0.15, 0.2) is 5.69 Å². The monoisotopic (exact) mass is 322 g/mol. The Kier molecular flexibility index (Phi) is 4.26. The molecular formula is C19H22N4O. The van der Waals surface area contributed by atoms with Crippen LogP contribution in [-0.2, 0) is 0 Å². The van der Waals surface area contributed by atoms with Crippen molar-refractivity contribution in [1.29, 1.82) is 0 Å². The van der Waals surface area contributed by atoms with E-state index in [2.05, 4.69) is 45.1 Å². The van der Waals surface area contributed by atoms with Gasteiger partial charge in [-0.05, 0) is 49.4 Å². The fraction of sp³-hybridized carbons (Fsp3) is 0.421. The Bertz CT molecular complexity index is 701. The first-order valence-electron chi connectivity index (χ1n) is 8.75. The second-order valence-electron chi connectivity index (χ2n) is 6.72. The van der Waals surface area contributed by atoms with Gasteiger partial charge in [-0.3, -0.25) is 4.79 Å². The van der Waals surface area contributed by atoms with E-state index < -0.39 is 0 Å². The molecule has 0 radical (unpaired) electrons. The van der Waals surface area contributed by atoms with Crippen LogP contribution in [0.25, 0.3) is 11.3 Å². The lowest BCUT2D eigenvalue weighted by Crippen LogP contribution is -2.36. The lowest BCUT2D eigenvalue weighted by atomic mass is 9.80. The van der Waals surface area contributed by atoms with E-state index in [-0.39, 0.29) is 11.9 Å². The zero-order chi connectivity index (χ0) is 16.4. The van der Waals surface area contributed by atoms with Gasteiger partial charge in [-0.15, -0.1) is 10.2 Å². The van der Waals surface area contributed by atoms with E-state index >= 15 is 0 Å². The third-order valence-corrected chi connectivity index (χ3v) is 5.08. The molecular weight excluding hydrogens is 300 g/mol. The Balaban J connectivity index is 1.43. The predicted molar refractivity (Wildman–Crippen MR) is 92.8 cm³/mol. The van der Waals surface area contributed by atoms with Gasteiger partial charge in [0, 0.05) is 18.2 Å². The number of hydrogen-bond donors (Lipinski definition) is 2. The summed E-state index contributed by atoms with van der Waals surface area (Å²) in [6, 6.07) is 12.4. The summed E-state index contributed by atoms with van der Waals surface area (Å²) in [6.45, 7) is 1.77. The van der Waals surface area contributed by atoms with Crippen LogP contribution in [0.2, 0.25) is 0 Å². The maximum absolute atomic E-state index is 12.2. The van der Waals surface area contributed by atoms with Crippen molar-refractivity contribution >= 4 is 5.91 Å². The summed E-state index contributed by atoms with van der Waals surface area (Å²) in [4.78, 5) is 12.2. The van der Waals surface area contributed by atoms with E-state index in [0.717, 1.165) is 36.7 Å². The Hall–Kier alpha value is -2.27. The number of hydrogen-bond acceptors (Lipinski definition) is 4. The van der Waals surface area contributed by atoms with Gasteiger partial charge in [0.2, 0.25) is 0 Å². The van der Waals surface area contributed by atoms with Crippen molar-refractivity contribution in [2.75, 3.05) is 13.1 Å². The lowest BCUT2D eigenvalue weighted by Gasteiger charge is -2.25. The van der Waals surface area contributed by atoms with Gasteiger partial charge in [-0.1, -0.05) is 30.7 Å². The van der Waals surface area contributed by atoms with Gasteiger partial charge in [0.05, 0.1) is 5.69 Å². The van der Waals surface area contributed by atoms with Crippen molar-refractivity contribution < 1.29 is 4.79 Å². The first-order valence-corrected chi connectivity index (χ1v) is 8.75. The fourth-order valence-electron chi connectivity index (χ4n) is 3.31. The number of carbonyl (C=O) groups is 1. The Morgan fingerprint density at radius 1 is 1.04 bits per heavy atom. The number of amides is 1. The third-order valence-electron chi connectivity index (χ3n) is 5.08. The van der Waals surface area contributed by atoms with E-state index in [1.165, 1.54) is 24.8 Å². The summed E-state index contributed by atoms with van der Waals surface area (Å²) in [5, 5.41) is 14.5. The van der Waals surface area contributed by atoms with Gasteiger partial charge in [0.25, 0.3) is 5.91 Å². The van der Waals surface area contributed by atoms with E-state index in [0.29, 0.717) is 5.69 Å². The van der Waals surface area contributed by atoms with E-state index in [4.69, 9.17) is 0 Å². The molecule has 0 spiro atoms. The normalized spacial score (nSPS) is 20.6. The molecule has 0 bridgehead atoms. The van der Waals surface area contributed by atoms with Crippen molar-refractivity contribution in [3.63, 3.8) is 0 Å². The molecule has 1 aromatic carbocycles. The molecule has 1 aromatic heterocycles. The molecule has 1 aliphatic heterocycles. The van der Waals surface area contributed by atoms with Crippen LogP contribution in [0.5, 0.6) is 0 Å². The number of carbonyl (C=O) groups excluding carboxylic acids is 1. The van der Waals surface area contributed by atoms with Crippen LogP contribution in [0.4, 0.5) is 0 Å². The van der Waals surface area contributed by atoms with Crippen LogP contribution < -0.4 is 10.6 Å². The summed E-state index contributed by atoms with van der Waals surface area (Å²) in [5.41, 5.74) is 3.63. The average molecular weight is 322 g/mol. The molecule has 1 aliphatic carbocycles. The number of rotatable bonds is 4. The SMILES string of the molecule is O=C(NC1CCNC1)c1ccc(-c2ccc(C3CCC3)cc2)nn1. The summed E-state index contributed by atoms with van der Waals surface area (Å²) < 4.78 is 0. The molecule has 1 amide bonds. The average Bonchev–Trinajstić information content (AvgIpc) is 3.07. The van der Waals surface area contributed by atoms with Crippen LogP contribution in [0.1, 0.15) is 47.7 Å². The van der Waals surface area contributed by atoms with E-state index in [9.17, 15) is 4.79 Å². The topological polar surface area (TPSA) is 66.9 Å². The summed E-state index contributed by atoms with van der Waals surface area (Å²) in [7, 11) is 0. The maximum Gasteiger partial charge on any atom is 0.272 e. The minimum atomic E-state index is -0.150. The molecule has 2 aliphatic rings. The van der Waals surface area contributed by atoms with Gasteiger partial charge in [-0.25, -0.2) is 0 Å². The fourth-order valence-corrected chi connectivity index (χ4v) is 3.31. The van der Waals surface area contributed by atoms with E-state index in [1.54, 1.807) is 6.07 Å². The highest BCUT2D eigenvalue weighted by Crippen LogP contribution is 2.36. The third kappa shape index (κ3) is 3.17. The standard InChI is InChI=1S/C19H22N4O/c24-19(21-16-10-11-20-12-16)18-9-8-17(22-23-18)15-6-4-14(5-7-15)13-2-1-3-13/h4-9,13,16,20H,1-3,10-12H2,(H,21,24). The number of aromatic nitrogens is 2. The minimum Gasteiger partial charge on any atom is -0.347 e. The largest absolute Gasteiger partial charge is 0.347 e. The van der Waals surface area contributed by atoms with Crippen LogP contribution in [0, 0.1) is 0 Å². The van der Waals surface area contributed by atoms with Crippen molar-refractivity contribution in [2.24, 2.45) is 0 Å². The molecule has 2 N–H and O–H groups in total. The smallest absolute Gasteiger partial charge is 0.272 e. The molecule has 24 heavy (non-hydrogen) atoms. The molecule has 2 heterocycles. The highest BCUT2D eigenvalue weighted by molar-refractivity contribution is 5.92. The molecule has 124 valence electrons. The molecule has 5 nitrogen and oxygen atoms in total. The molecule has 2 fully saturated rings. The van der Waals surface area contributed by atoms with Crippen LogP contribution in [0.15, 0.2) is 36.4 Å². The Morgan fingerprint density at radius 3 is 2.46 bits per heavy atom. The van der Waals surface area contributed by atoms with Gasteiger partial charge < -0.3 is 10.6 Å². The molecule has 4 rings (SSSR count). The number of nitrogens with zero attached hydrogens (tertiary/aromatic N) is 2. The van der Waals surface area contributed by atoms with Gasteiger partial charge >= 0.3 is 0 Å². The second-order valence-corrected chi connectivity index (χ2v) is 6.72. The molecule has 5 heteroatoms. The first kappa shape index (κ1) is 15.3. The highest BCUT2D eigenvalue weighted by Gasteiger charge is 2.20. The van der Waals surface area contributed by atoms with Crippen LogP contribution >= 0.6 is 0 Å². The zero-order valence-electron chi connectivity index (χ0n) is 13.7. The Morgan fingerprint density at radius 2 is 1.88 bits per heavy atom. The quantitative estimate of drug-likeness (QED) is 0.907. The molecule has 1 saturated heterocycles. The highest BCUT2D eigenvalue weighted by atomic mass is 16.2. The minimum absolute atomic E-state index is 0.150. The summed E-state index contributed by atoms with van der Waals surface area (Å²) in [6.07, 6.45) is 4.92. The predicted octanol–water partition coefficient (Wildman–Crippen LogP) is 2.50. The maximum atomic E-state index is 12.2. The molecule has 1 saturated carbocycles. The second kappa shape index (κ2) is 6.69. The summed E-state index contributed by atoms with van der Waals surface area (Å²) in [5.74, 6) is 0.587. The van der Waals surface area contributed by atoms with Crippen LogP contribution in [-0.4, -0.2) is 35.2 Å². The van der Waals surface area contributed by atoms with Crippen molar-refractivity contribution in [1.82, 2.24) is 20.8 Å². The van der Waals surface area contributed by atoms with E-state index in [1.807, 2.05) is 6.07 Å². The summed E-state index contributed by atoms with van der Waals surface area (Å²) >= 11 is 0.